The molecule has 0 unspecified atom stereocenters. The predicted octanol–water partition coefficient (Wildman–Crippen LogP) is 3.78. The fourth-order valence-electron chi connectivity index (χ4n) is 3.39. The van der Waals surface area contributed by atoms with Crippen LogP contribution in [0.25, 0.3) is 16.9 Å². The number of phenolic OH excluding ortho intramolecular Hbond substituents is 2. The minimum Gasteiger partial charge on any atom is -0.508 e. The Hall–Kier alpha value is -3.12. The van der Waals surface area contributed by atoms with Crippen molar-refractivity contribution < 1.29 is 14.6 Å². The van der Waals surface area contributed by atoms with Gasteiger partial charge in [0.05, 0.1) is 16.2 Å². The van der Waals surface area contributed by atoms with Crippen LogP contribution in [0, 0.1) is 6.92 Å². The molecule has 0 amide bonds. The van der Waals surface area contributed by atoms with Crippen LogP contribution in [0.3, 0.4) is 0 Å². The number of aromatic hydroxyl groups is 2. The van der Waals surface area contributed by atoms with Gasteiger partial charge in [-0.3, -0.25) is 0 Å². The molecular formula is C22H18BrN2O3+. The van der Waals surface area contributed by atoms with Gasteiger partial charge in [0.2, 0.25) is 0 Å². The van der Waals surface area contributed by atoms with Gasteiger partial charge in [-0.1, -0.05) is 12.1 Å². The molecule has 2 heterocycles. The third kappa shape index (κ3) is 3.16. The van der Waals surface area contributed by atoms with E-state index in [1.54, 1.807) is 41.0 Å². The second-order valence-corrected chi connectivity index (χ2v) is 7.48. The molecule has 0 saturated heterocycles. The van der Waals surface area contributed by atoms with Gasteiger partial charge >= 0.3 is 5.56 Å². The number of hydrogen-bond acceptors (Lipinski definition) is 3. The molecule has 0 aliphatic heterocycles. The van der Waals surface area contributed by atoms with Gasteiger partial charge < -0.3 is 10.2 Å². The molecule has 0 spiro atoms. The Morgan fingerprint density at radius 3 is 2.50 bits per heavy atom. The lowest BCUT2D eigenvalue weighted by molar-refractivity contribution is -0.504. The summed E-state index contributed by atoms with van der Waals surface area (Å²) in [6.45, 7) is 2.19. The smallest absolute Gasteiger partial charge is 0.341 e. The average molecular weight is 438 g/mol. The number of phenols is 2. The van der Waals surface area contributed by atoms with E-state index in [1.807, 2.05) is 41.8 Å². The van der Waals surface area contributed by atoms with E-state index in [-0.39, 0.29) is 17.1 Å². The normalized spacial score (nSPS) is 11.1. The van der Waals surface area contributed by atoms with Crippen molar-refractivity contribution in [2.24, 2.45) is 0 Å². The fraction of sp³-hybridized carbons (Fsp3) is 0.0909. The van der Waals surface area contributed by atoms with Gasteiger partial charge in [0.1, 0.15) is 18.0 Å². The van der Waals surface area contributed by atoms with Crippen LogP contribution >= 0.6 is 15.9 Å². The van der Waals surface area contributed by atoms with Crippen LogP contribution in [-0.4, -0.2) is 14.8 Å². The van der Waals surface area contributed by atoms with Gasteiger partial charge in [-0.2, -0.15) is 8.97 Å². The lowest BCUT2D eigenvalue weighted by Gasteiger charge is -2.11. The molecular weight excluding hydrogens is 420 g/mol. The zero-order valence-corrected chi connectivity index (χ0v) is 16.7. The fourth-order valence-corrected chi connectivity index (χ4v) is 3.82. The summed E-state index contributed by atoms with van der Waals surface area (Å²) in [5.74, 6) is 0.344. The van der Waals surface area contributed by atoms with Crippen LogP contribution in [0.15, 0.2) is 76.1 Å². The summed E-state index contributed by atoms with van der Waals surface area (Å²) in [4.78, 5) is 13.2. The summed E-state index contributed by atoms with van der Waals surface area (Å²) in [5, 5.41) is 19.3. The average Bonchev–Trinajstić information content (AvgIpc) is 2.69. The highest BCUT2D eigenvalue weighted by Gasteiger charge is 2.22. The molecule has 0 saturated carbocycles. The Kier molecular flexibility index (Phi) is 4.65. The molecule has 0 bridgehead atoms. The number of hydrogen-bond donors (Lipinski definition) is 2. The van der Waals surface area contributed by atoms with Gasteiger partial charge in [0.15, 0.2) is 5.69 Å². The lowest BCUT2D eigenvalue weighted by Crippen LogP contribution is -2.38. The van der Waals surface area contributed by atoms with Crippen molar-refractivity contribution in [1.82, 2.24) is 4.57 Å². The van der Waals surface area contributed by atoms with Crippen molar-refractivity contribution in [2.45, 2.75) is 13.5 Å². The lowest BCUT2D eigenvalue weighted by atomic mass is 10.1. The highest BCUT2D eigenvalue weighted by molar-refractivity contribution is 9.10. The molecule has 6 heteroatoms. The van der Waals surface area contributed by atoms with Crippen LogP contribution in [0.2, 0.25) is 0 Å². The minimum atomic E-state index is -0.0847. The molecule has 4 aromatic rings. The number of benzene rings is 2. The molecule has 0 fully saturated rings. The molecule has 0 radical (unpaired) electrons. The van der Waals surface area contributed by atoms with Crippen LogP contribution in [0.5, 0.6) is 11.5 Å². The molecule has 0 aliphatic rings. The summed E-state index contributed by atoms with van der Waals surface area (Å²) < 4.78 is 4.30. The Labute approximate surface area is 169 Å². The number of rotatable bonds is 3. The Bertz CT molecular complexity index is 1250. The molecule has 4 rings (SSSR count). The third-order valence-electron chi connectivity index (χ3n) is 4.77. The van der Waals surface area contributed by atoms with Crippen molar-refractivity contribution >= 4 is 21.6 Å². The molecule has 2 aromatic carbocycles. The molecule has 0 aliphatic carbocycles. The van der Waals surface area contributed by atoms with E-state index in [4.69, 9.17) is 0 Å². The maximum atomic E-state index is 13.2. The number of pyridine rings is 1. The van der Waals surface area contributed by atoms with Crippen molar-refractivity contribution in [3.05, 3.63) is 92.8 Å². The number of halogens is 1. The number of aromatic nitrogens is 2. The van der Waals surface area contributed by atoms with E-state index >= 15 is 0 Å². The summed E-state index contributed by atoms with van der Waals surface area (Å²) in [5.41, 5.74) is 3.84. The van der Waals surface area contributed by atoms with E-state index in [9.17, 15) is 15.0 Å². The van der Waals surface area contributed by atoms with Crippen molar-refractivity contribution in [3.8, 4) is 22.8 Å². The summed E-state index contributed by atoms with van der Waals surface area (Å²) in [6.07, 6.45) is 1.92. The van der Waals surface area contributed by atoms with Crippen LogP contribution in [0.4, 0.5) is 0 Å². The van der Waals surface area contributed by atoms with Crippen molar-refractivity contribution in [3.63, 3.8) is 0 Å². The number of nitrogens with zero attached hydrogens (tertiary/aromatic N) is 2. The highest BCUT2D eigenvalue weighted by Crippen LogP contribution is 2.25. The molecule has 140 valence electrons. The first kappa shape index (κ1) is 18.3. The predicted molar refractivity (Wildman–Crippen MR) is 111 cm³/mol. The van der Waals surface area contributed by atoms with E-state index in [0.29, 0.717) is 16.6 Å². The summed E-state index contributed by atoms with van der Waals surface area (Å²) >= 11 is 3.33. The van der Waals surface area contributed by atoms with Crippen molar-refractivity contribution in [1.29, 1.82) is 0 Å². The van der Waals surface area contributed by atoms with E-state index in [2.05, 4.69) is 15.9 Å². The van der Waals surface area contributed by atoms with Gasteiger partial charge in [0, 0.05) is 11.6 Å². The first-order chi connectivity index (χ1) is 13.5. The summed E-state index contributed by atoms with van der Waals surface area (Å²) in [7, 11) is 0. The Balaban J connectivity index is 1.95. The zero-order valence-electron chi connectivity index (χ0n) is 15.1. The van der Waals surface area contributed by atoms with E-state index < -0.39 is 0 Å². The number of fused-ring (bicyclic) bond motifs is 1. The van der Waals surface area contributed by atoms with Gasteiger partial charge in [-0.05, 0) is 70.9 Å². The summed E-state index contributed by atoms with van der Waals surface area (Å²) in [6, 6.07) is 17.8. The first-order valence-corrected chi connectivity index (χ1v) is 9.55. The minimum absolute atomic E-state index is 0.0847. The van der Waals surface area contributed by atoms with E-state index in [1.165, 1.54) is 0 Å². The second kappa shape index (κ2) is 7.13. The van der Waals surface area contributed by atoms with Gasteiger partial charge in [0.25, 0.3) is 5.65 Å². The third-order valence-corrected chi connectivity index (χ3v) is 5.41. The second-order valence-electron chi connectivity index (χ2n) is 6.63. The van der Waals surface area contributed by atoms with Gasteiger partial charge in [-0.25, -0.2) is 4.79 Å². The standard InChI is InChI=1S/C22H17BrN2O3/c1-14-21(16-6-8-17(26)9-7-16)24-11-3-2-4-20(24)25(22(14)28)13-15-5-10-19(27)18(23)12-15/h2-12H,13H2,1H3,(H-,26,27,28)/p+1. The van der Waals surface area contributed by atoms with Crippen LogP contribution < -0.4 is 9.96 Å². The molecule has 2 aromatic heterocycles. The van der Waals surface area contributed by atoms with Crippen LogP contribution in [-0.2, 0) is 6.54 Å². The van der Waals surface area contributed by atoms with Gasteiger partial charge in [-0.15, -0.1) is 0 Å². The quantitative estimate of drug-likeness (QED) is 0.479. The van der Waals surface area contributed by atoms with Crippen molar-refractivity contribution in [2.75, 3.05) is 0 Å². The molecule has 28 heavy (non-hydrogen) atoms. The Morgan fingerprint density at radius 2 is 1.79 bits per heavy atom. The largest absolute Gasteiger partial charge is 0.508 e. The maximum Gasteiger partial charge on any atom is 0.341 e. The topological polar surface area (TPSA) is 66.6 Å². The monoisotopic (exact) mass is 437 g/mol. The molecule has 0 atom stereocenters. The zero-order chi connectivity index (χ0) is 19.8. The highest BCUT2D eigenvalue weighted by atomic mass is 79.9. The Morgan fingerprint density at radius 1 is 1.04 bits per heavy atom. The molecule has 2 N–H and O–H groups in total. The van der Waals surface area contributed by atoms with E-state index in [0.717, 1.165) is 22.5 Å². The van der Waals surface area contributed by atoms with Crippen LogP contribution in [0.1, 0.15) is 11.1 Å². The molecule has 5 nitrogen and oxygen atoms in total. The maximum absolute atomic E-state index is 13.2. The SMILES string of the molecule is Cc1c(-c2ccc(O)cc2)[n+]2ccccc2n(Cc2ccc(O)c(Br)c2)c1=O. The first-order valence-electron chi connectivity index (χ1n) is 8.76.